The lowest BCUT2D eigenvalue weighted by Crippen LogP contribution is -2.39. The number of hydrogen-bond donors (Lipinski definition) is 2. The van der Waals surface area contributed by atoms with Gasteiger partial charge in [0.15, 0.2) is 5.96 Å². The Kier molecular flexibility index (Phi) is 8.45. The van der Waals surface area contributed by atoms with Gasteiger partial charge in [0, 0.05) is 25.6 Å². The van der Waals surface area contributed by atoms with E-state index in [0.717, 1.165) is 49.7 Å². The molecule has 2 N–H and O–H groups in total. The van der Waals surface area contributed by atoms with Gasteiger partial charge in [-0.2, -0.15) is 0 Å². The van der Waals surface area contributed by atoms with Crippen molar-refractivity contribution >= 4 is 29.9 Å². The van der Waals surface area contributed by atoms with Crippen LogP contribution in [0.3, 0.4) is 0 Å². The molecule has 142 valence electrons. The van der Waals surface area contributed by atoms with Crippen molar-refractivity contribution in [3.05, 3.63) is 12.2 Å². The summed E-state index contributed by atoms with van der Waals surface area (Å²) in [7, 11) is 0. The molecule has 2 aliphatic rings. The summed E-state index contributed by atoms with van der Waals surface area (Å²) >= 11 is 0. The summed E-state index contributed by atoms with van der Waals surface area (Å²) in [5, 5.41) is 15.1. The van der Waals surface area contributed by atoms with Crippen molar-refractivity contribution in [3.63, 3.8) is 0 Å². The average Bonchev–Trinajstić information content (AvgIpc) is 3.23. The van der Waals surface area contributed by atoms with E-state index >= 15 is 0 Å². The van der Waals surface area contributed by atoms with Crippen molar-refractivity contribution in [1.82, 2.24) is 25.4 Å². The minimum atomic E-state index is 0. The van der Waals surface area contributed by atoms with Gasteiger partial charge < -0.3 is 15.2 Å². The molecule has 1 heterocycles. The molecule has 3 rings (SSSR count). The number of rotatable bonds is 7. The van der Waals surface area contributed by atoms with Crippen LogP contribution in [0.2, 0.25) is 0 Å². The maximum Gasteiger partial charge on any atom is 0.191 e. The molecular formula is C18H33IN6. The number of guanidine groups is 1. The van der Waals surface area contributed by atoms with Crippen molar-refractivity contribution in [2.75, 3.05) is 13.1 Å². The zero-order valence-corrected chi connectivity index (χ0v) is 17.9. The van der Waals surface area contributed by atoms with Crippen LogP contribution in [0.25, 0.3) is 0 Å². The standard InChI is InChI=1S/C18H32N6.HI/c1-3-17-23-21-13-24(17)11-10-20-18(19-4-2)22-16-12-15(16)14-8-6-5-7-9-14;/h13-16H,3-12H2,1-2H3,(H2,19,20,22);1H. The maximum absolute atomic E-state index is 4.74. The van der Waals surface area contributed by atoms with Crippen LogP contribution in [0.15, 0.2) is 11.3 Å². The normalized spacial score (nSPS) is 23.8. The van der Waals surface area contributed by atoms with Crippen molar-refractivity contribution < 1.29 is 0 Å². The Morgan fingerprint density at radius 2 is 2.08 bits per heavy atom. The Labute approximate surface area is 168 Å². The first-order chi connectivity index (χ1) is 11.8. The number of aromatic nitrogens is 3. The van der Waals surface area contributed by atoms with Gasteiger partial charge in [0.25, 0.3) is 0 Å². The fraction of sp³-hybridized carbons (Fsp3) is 0.833. The molecule has 0 aromatic carbocycles. The summed E-state index contributed by atoms with van der Waals surface area (Å²) in [5.74, 6) is 3.82. The van der Waals surface area contributed by atoms with Crippen LogP contribution < -0.4 is 10.6 Å². The number of halogens is 1. The predicted octanol–water partition coefficient (Wildman–Crippen LogP) is 2.98. The van der Waals surface area contributed by atoms with Crippen LogP contribution in [0.5, 0.6) is 0 Å². The Morgan fingerprint density at radius 1 is 1.28 bits per heavy atom. The van der Waals surface area contributed by atoms with Gasteiger partial charge in [-0.15, -0.1) is 34.2 Å². The first-order valence-electron chi connectivity index (χ1n) is 9.73. The molecular weight excluding hydrogens is 427 g/mol. The molecule has 25 heavy (non-hydrogen) atoms. The third kappa shape index (κ3) is 5.82. The van der Waals surface area contributed by atoms with Crippen LogP contribution >= 0.6 is 24.0 Å². The van der Waals surface area contributed by atoms with Gasteiger partial charge in [-0.3, -0.25) is 4.99 Å². The quantitative estimate of drug-likeness (QED) is 0.373. The lowest BCUT2D eigenvalue weighted by Gasteiger charge is -2.22. The van der Waals surface area contributed by atoms with Gasteiger partial charge in [0.1, 0.15) is 12.2 Å². The van der Waals surface area contributed by atoms with E-state index in [1.807, 2.05) is 0 Å². The molecule has 2 atom stereocenters. The van der Waals surface area contributed by atoms with E-state index in [2.05, 4.69) is 39.2 Å². The second-order valence-electron chi connectivity index (χ2n) is 7.10. The predicted molar refractivity (Wildman–Crippen MR) is 112 cm³/mol. The summed E-state index contributed by atoms with van der Waals surface area (Å²) in [4.78, 5) is 4.74. The number of aliphatic imine (C=N–C) groups is 1. The maximum atomic E-state index is 4.74. The number of nitrogens with zero attached hydrogens (tertiary/aromatic N) is 4. The van der Waals surface area contributed by atoms with Crippen molar-refractivity contribution in [2.45, 2.75) is 71.4 Å². The van der Waals surface area contributed by atoms with Gasteiger partial charge in [-0.25, -0.2) is 0 Å². The monoisotopic (exact) mass is 460 g/mol. The van der Waals surface area contributed by atoms with E-state index in [9.17, 15) is 0 Å². The molecule has 0 saturated heterocycles. The summed E-state index contributed by atoms with van der Waals surface area (Å²) in [6.07, 6.45) is 11.2. The minimum Gasteiger partial charge on any atom is -0.357 e. The third-order valence-electron chi connectivity index (χ3n) is 5.38. The van der Waals surface area contributed by atoms with E-state index in [1.54, 1.807) is 6.33 Å². The summed E-state index contributed by atoms with van der Waals surface area (Å²) in [6, 6.07) is 0.631. The molecule has 6 nitrogen and oxygen atoms in total. The van der Waals surface area contributed by atoms with Crippen molar-refractivity contribution in [2.24, 2.45) is 16.8 Å². The van der Waals surface area contributed by atoms with Crippen LogP contribution in [-0.4, -0.2) is 39.9 Å². The Hall–Kier alpha value is -0.860. The highest BCUT2D eigenvalue weighted by Gasteiger charge is 2.43. The van der Waals surface area contributed by atoms with Gasteiger partial charge >= 0.3 is 0 Å². The fourth-order valence-corrected chi connectivity index (χ4v) is 3.97. The zero-order valence-electron chi connectivity index (χ0n) is 15.6. The molecule has 7 heteroatoms. The molecule has 1 aromatic rings. The highest BCUT2D eigenvalue weighted by atomic mass is 127. The van der Waals surface area contributed by atoms with E-state index in [-0.39, 0.29) is 24.0 Å². The topological polar surface area (TPSA) is 67.1 Å². The molecule has 2 fully saturated rings. The molecule has 0 bridgehead atoms. The van der Waals surface area contributed by atoms with Gasteiger partial charge in [0.2, 0.25) is 0 Å². The Morgan fingerprint density at radius 3 is 2.80 bits per heavy atom. The van der Waals surface area contributed by atoms with Crippen molar-refractivity contribution in [3.8, 4) is 0 Å². The largest absolute Gasteiger partial charge is 0.357 e. The zero-order chi connectivity index (χ0) is 16.8. The lowest BCUT2D eigenvalue weighted by molar-refractivity contribution is 0.315. The number of aryl methyl sites for hydroxylation is 1. The second-order valence-corrected chi connectivity index (χ2v) is 7.10. The minimum absolute atomic E-state index is 0. The molecule has 1 aromatic heterocycles. The lowest BCUT2D eigenvalue weighted by atomic mass is 9.85. The summed E-state index contributed by atoms with van der Waals surface area (Å²) in [5.41, 5.74) is 0. The molecule has 2 unspecified atom stereocenters. The second kappa shape index (κ2) is 10.3. The van der Waals surface area contributed by atoms with Crippen LogP contribution in [-0.2, 0) is 13.0 Å². The molecule has 0 aliphatic heterocycles. The average molecular weight is 460 g/mol. The first kappa shape index (κ1) is 20.5. The highest BCUT2D eigenvalue weighted by Crippen LogP contribution is 2.44. The smallest absolute Gasteiger partial charge is 0.191 e. The highest BCUT2D eigenvalue weighted by molar-refractivity contribution is 14.0. The molecule has 2 saturated carbocycles. The first-order valence-corrected chi connectivity index (χ1v) is 9.73. The molecule has 2 aliphatic carbocycles. The molecule has 0 amide bonds. The summed E-state index contributed by atoms with van der Waals surface area (Å²) < 4.78 is 2.09. The molecule has 0 spiro atoms. The van der Waals surface area contributed by atoms with E-state index in [4.69, 9.17) is 4.99 Å². The van der Waals surface area contributed by atoms with Gasteiger partial charge in [-0.05, 0) is 25.2 Å². The van der Waals surface area contributed by atoms with E-state index in [1.165, 1.54) is 38.5 Å². The van der Waals surface area contributed by atoms with Crippen LogP contribution in [0.1, 0.15) is 58.2 Å². The number of nitrogens with one attached hydrogen (secondary N) is 2. The van der Waals surface area contributed by atoms with Crippen molar-refractivity contribution in [1.29, 1.82) is 0 Å². The third-order valence-corrected chi connectivity index (χ3v) is 5.38. The Bertz CT molecular complexity index is 537. The van der Waals surface area contributed by atoms with Crippen LogP contribution in [0, 0.1) is 11.8 Å². The van der Waals surface area contributed by atoms with Crippen LogP contribution in [0.4, 0.5) is 0 Å². The molecule has 0 radical (unpaired) electrons. The Balaban J connectivity index is 0.00000225. The number of hydrogen-bond acceptors (Lipinski definition) is 3. The van der Waals surface area contributed by atoms with E-state index < -0.39 is 0 Å². The SMILES string of the molecule is CCNC(=NCCn1cnnc1CC)NC1CC1C1CCCCC1.I. The fourth-order valence-electron chi connectivity index (χ4n) is 3.97. The van der Waals surface area contributed by atoms with Gasteiger partial charge in [0.05, 0.1) is 6.54 Å². The van der Waals surface area contributed by atoms with E-state index in [0.29, 0.717) is 6.04 Å². The summed E-state index contributed by atoms with van der Waals surface area (Å²) in [6.45, 7) is 6.72. The van der Waals surface area contributed by atoms with Gasteiger partial charge in [-0.1, -0.05) is 39.0 Å².